The Kier molecular flexibility index (Phi) is 5.31. The van der Waals surface area contributed by atoms with E-state index in [9.17, 15) is 9.90 Å². The topological polar surface area (TPSA) is 89.6 Å². The largest absolute Gasteiger partial charge is 0.476 e. The molecule has 7 heteroatoms. The summed E-state index contributed by atoms with van der Waals surface area (Å²) in [7, 11) is 0. The van der Waals surface area contributed by atoms with Crippen LogP contribution in [0.1, 0.15) is 33.9 Å². The second-order valence-electron chi connectivity index (χ2n) is 6.73. The van der Waals surface area contributed by atoms with Crippen LogP contribution in [0.2, 0.25) is 0 Å². The maximum Gasteiger partial charge on any atom is 0.356 e. The first-order chi connectivity index (χ1) is 14.1. The molecule has 29 heavy (non-hydrogen) atoms. The zero-order valence-electron chi connectivity index (χ0n) is 15.9. The molecule has 0 bridgehead atoms. The first-order valence-electron chi connectivity index (χ1n) is 9.27. The fourth-order valence-electron chi connectivity index (χ4n) is 3.01. The van der Waals surface area contributed by atoms with Gasteiger partial charge in [0.15, 0.2) is 5.69 Å². The highest BCUT2D eigenvalue weighted by Gasteiger charge is 2.20. The molecule has 0 amide bonds. The molecule has 7 nitrogen and oxygen atoms in total. The van der Waals surface area contributed by atoms with Crippen LogP contribution in [-0.4, -0.2) is 38.2 Å². The first-order valence-corrected chi connectivity index (χ1v) is 9.27. The van der Waals surface area contributed by atoms with E-state index in [0.29, 0.717) is 30.1 Å². The predicted molar refractivity (Wildman–Crippen MR) is 109 cm³/mol. The lowest BCUT2D eigenvalue weighted by molar-refractivity contribution is 0.0690. The van der Waals surface area contributed by atoms with Crippen molar-refractivity contribution in [2.75, 3.05) is 0 Å². The van der Waals surface area contributed by atoms with Gasteiger partial charge in [-0.1, -0.05) is 36.4 Å². The van der Waals surface area contributed by atoms with Crippen LogP contribution in [0.4, 0.5) is 0 Å². The second-order valence-corrected chi connectivity index (χ2v) is 6.73. The van der Waals surface area contributed by atoms with Crippen molar-refractivity contribution < 1.29 is 14.6 Å². The summed E-state index contributed by atoms with van der Waals surface area (Å²) in [6.07, 6.45) is 5.87. The summed E-state index contributed by atoms with van der Waals surface area (Å²) in [4.78, 5) is 20.2. The normalized spacial score (nSPS) is 15.9. The summed E-state index contributed by atoms with van der Waals surface area (Å²) in [5, 5.41) is 13.6. The van der Waals surface area contributed by atoms with Gasteiger partial charge in [0.1, 0.15) is 0 Å². The Labute approximate surface area is 168 Å². The second kappa shape index (κ2) is 8.20. The highest BCUT2D eigenvalue weighted by atomic mass is 16.5. The lowest BCUT2D eigenvalue weighted by Gasteiger charge is -2.17. The van der Waals surface area contributed by atoms with Crippen LogP contribution >= 0.6 is 0 Å². The van der Waals surface area contributed by atoms with Crippen molar-refractivity contribution >= 4 is 17.9 Å². The van der Waals surface area contributed by atoms with Gasteiger partial charge in [0.05, 0.1) is 36.0 Å². The number of hydrogen-bond acceptors (Lipinski definition) is 5. The van der Waals surface area contributed by atoms with Crippen molar-refractivity contribution in [3.05, 3.63) is 83.4 Å². The molecular weight excluding hydrogens is 368 g/mol. The first kappa shape index (κ1) is 18.8. The van der Waals surface area contributed by atoms with Crippen molar-refractivity contribution in [2.45, 2.75) is 26.1 Å². The Bertz CT molecular complexity index is 1070. The molecule has 1 aliphatic rings. The van der Waals surface area contributed by atoms with Crippen LogP contribution in [-0.2, 0) is 11.3 Å². The number of ether oxygens (including phenoxy) is 1. The van der Waals surface area contributed by atoms with Gasteiger partial charge in [-0.25, -0.2) is 9.48 Å². The van der Waals surface area contributed by atoms with Gasteiger partial charge >= 0.3 is 5.97 Å². The number of carbonyl (C=O) groups is 1. The number of rotatable bonds is 6. The number of benzene rings is 1. The van der Waals surface area contributed by atoms with Gasteiger partial charge in [0.25, 0.3) is 0 Å². The van der Waals surface area contributed by atoms with Crippen LogP contribution in [0.25, 0.3) is 11.4 Å². The molecule has 1 atom stereocenters. The molecule has 0 radical (unpaired) electrons. The maximum atomic E-state index is 11.4. The molecule has 4 rings (SSSR count). The summed E-state index contributed by atoms with van der Waals surface area (Å²) in [5.74, 6) is -1.09. The molecule has 0 saturated carbocycles. The van der Waals surface area contributed by atoms with Crippen LogP contribution in [0.3, 0.4) is 0 Å². The van der Waals surface area contributed by atoms with Crippen LogP contribution in [0, 0.1) is 6.92 Å². The van der Waals surface area contributed by atoms with E-state index in [4.69, 9.17) is 4.74 Å². The van der Waals surface area contributed by atoms with Gasteiger partial charge in [-0.3, -0.25) is 9.98 Å². The molecule has 3 heterocycles. The Balaban J connectivity index is 1.54. The van der Waals surface area contributed by atoms with E-state index < -0.39 is 5.97 Å². The number of aliphatic imine (C=N–C) groups is 1. The quantitative estimate of drug-likeness (QED) is 0.696. The third-order valence-corrected chi connectivity index (χ3v) is 4.56. The van der Waals surface area contributed by atoms with E-state index in [2.05, 4.69) is 15.1 Å². The molecule has 2 aromatic heterocycles. The number of aryl methyl sites for hydroxylation is 1. The summed E-state index contributed by atoms with van der Waals surface area (Å²) in [6, 6.07) is 15.2. The number of aromatic nitrogens is 3. The van der Waals surface area contributed by atoms with Crippen molar-refractivity contribution in [3.63, 3.8) is 0 Å². The van der Waals surface area contributed by atoms with E-state index >= 15 is 0 Å². The number of pyridine rings is 1. The Morgan fingerprint density at radius 1 is 1.24 bits per heavy atom. The minimum absolute atomic E-state index is 0.0425. The molecule has 1 N–H and O–H groups in total. The zero-order valence-corrected chi connectivity index (χ0v) is 15.9. The maximum absolute atomic E-state index is 11.4. The van der Waals surface area contributed by atoms with Crippen LogP contribution in [0.15, 0.2) is 65.8 Å². The molecule has 3 aromatic rings. The van der Waals surface area contributed by atoms with Crippen molar-refractivity contribution in [1.82, 2.24) is 14.8 Å². The van der Waals surface area contributed by atoms with Crippen LogP contribution < -0.4 is 0 Å². The number of carboxylic acids is 1. The minimum Gasteiger partial charge on any atom is -0.476 e. The van der Waals surface area contributed by atoms with Crippen molar-refractivity contribution in [2.24, 2.45) is 4.99 Å². The third kappa shape index (κ3) is 4.30. The number of nitrogens with zero attached hydrogens (tertiary/aromatic N) is 4. The predicted octanol–water partition coefficient (Wildman–Crippen LogP) is 3.67. The van der Waals surface area contributed by atoms with Gasteiger partial charge in [-0.2, -0.15) is 5.10 Å². The molecule has 0 aliphatic carbocycles. The van der Waals surface area contributed by atoms with Gasteiger partial charge in [-0.15, -0.1) is 0 Å². The van der Waals surface area contributed by atoms with Gasteiger partial charge in [-0.05, 0) is 31.0 Å². The highest BCUT2D eigenvalue weighted by molar-refractivity contribution is 5.87. The Hall–Kier alpha value is -3.58. The molecule has 0 saturated heterocycles. The Morgan fingerprint density at radius 2 is 2.07 bits per heavy atom. The van der Waals surface area contributed by atoms with Crippen molar-refractivity contribution in [3.8, 4) is 5.69 Å². The molecule has 0 spiro atoms. The van der Waals surface area contributed by atoms with Gasteiger partial charge in [0.2, 0.25) is 0 Å². The number of carboxylic acid groups (broad SMARTS) is 1. The van der Waals surface area contributed by atoms with E-state index in [1.54, 1.807) is 17.1 Å². The summed E-state index contributed by atoms with van der Waals surface area (Å²) in [5.41, 5.74) is 3.87. The third-order valence-electron chi connectivity index (χ3n) is 4.56. The molecule has 1 unspecified atom stereocenters. The van der Waals surface area contributed by atoms with E-state index in [0.717, 1.165) is 11.3 Å². The average Bonchev–Trinajstić information content (AvgIpc) is 3.20. The fraction of sp³-hybridized carbons (Fsp3) is 0.182. The standard InChI is InChI=1S/C22H20N4O3/c1-15-7-8-17(12-23-15)26-21(11-20(25-26)22(27)28)19-10-9-18(13-24-19)29-14-16-5-3-2-4-6-16/h2-8,10-13,18H,9,14H2,1H3,(H,27,28). The molecule has 0 fully saturated rings. The lowest BCUT2D eigenvalue weighted by atomic mass is 10.1. The summed E-state index contributed by atoms with van der Waals surface area (Å²) >= 11 is 0. The summed E-state index contributed by atoms with van der Waals surface area (Å²) in [6.45, 7) is 2.40. The molecule has 1 aliphatic heterocycles. The zero-order chi connectivity index (χ0) is 20.2. The highest BCUT2D eigenvalue weighted by Crippen LogP contribution is 2.25. The van der Waals surface area contributed by atoms with Gasteiger partial charge in [0, 0.05) is 18.0 Å². The fourth-order valence-corrected chi connectivity index (χ4v) is 3.01. The van der Waals surface area contributed by atoms with Crippen LogP contribution in [0.5, 0.6) is 0 Å². The number of aromatic carboxylic acids is 1. The summed E-state index contributed by atoms with van der Waals surface area (Å²) < 4.78 is 7.46. The van der Waals surface area contributed by atoms with E-state index in [1.165, 1.54) is 6.07 Å². The smallest absolute Gasteiger partial charge is 0.356 e. The lowest BCUT2D eigenvalue weighted by Crippen LogP contribution is -2.16. The number of hydrogen-bond donors (Lipinski definition) is 1. The van der Waals surface area contributed by atoms with Gasteiger partial charge < -0.3 is 9.84 Å². The van der Waals surface area contributed by atoms with E-state index in [-0.39, 0.29) is 11.8 Å². The van der Waals surface area contributed by atoms with E-state index in [1.807, 2.05) is 55.5 Å². The monoisotopic (exact) mass is 388 g/mol. The molecule has 1 aromatic carbocycles. The SMILES string of the molecule is Cc1ccc(-n2nc(C(=O)O)cc2C2=CCC(OCc3ccccc3)C=N2)cn1. The molecular formula is C22H20N4O3. The Morgan fingerprint density at radius 3 is 2.72 bits per heavy atom. The van der Waals surface area contributed by atoms with Crippen molar-refractivity contribution in [1.29, 1.82) is 0 Å². The molecule has 146 valence electrons. The minimum atomic E-state index is -1.09. The average molecular weight is 388 g/mol.